The van der Waals surface area contributed by atoms with Crippen LogP contribution in [0.2, 0.25) is 0 Å². The maximum Gasteiger partial charge on any atom is 0.297 e. The number of ether oxygens (including phenoxy) is 3. The van der Waals surface area contributed by atoms with Gasteiger partial charge in [0.2, 0.25) is 11.5 Å². The highest BCUT2D eigenvalue weighted by atomic mass is 35.5. The highest BCUT2D eigenvalue weighted by molar-refractivity contribution is 6.18. The summed E-state index contributed by atoms with van der Waals surface area (Å²) >= 11 is 5.66. The monoisotopic (exact) mass is 542 g/mol. The number of amides is 1. The molecule has 0 fully saturated rings. The van der Waals surface area contributed by atoms with Gasteiger partial charge in [-0.3, -0.25) is 9.69 Å². The van der Waals surface area contributed by atoms with Crippen molar-refractivity contribution in [1.82, 2.24) is 20.6 Å². The van der Waals surface area contributed by atoms with E-state index in [-0.39, 0.29) is 17.6 Å². The lowest BCUT2D eigenvalue weighted by atomic mass is 9.92. The number of benzene rings is 2. The summed E-state index contributed by atoms with van der Waals surface area (Å²) in [6.45, 7) is 4.16. The third kappa shape index (κ3) is 6.00. The van der Waals surface area contributed by atoms with Crippen molar-refractivity contribution in [3.8, 4) is 17.2 Å². The molecule has 1 unspecified atom stereocenters. The van der Waals surface area contributed by atoms with E-state index in [1.54, 1.807) is 27.5 Å². The Morgan fingerprint density at radius 3 is 2.66 bits per heavy atom. The summed E-state index contributed by atoms with van der Waals surface area (Å²) in [5.74, 6) is 2.24. The van der Waals surface area contributed by atoms with Gasteiger partial charge in [-0.05, 0) is 70.7 Å². The fraction of sp³-hybridized carbons (Fsp3) is 0.385. The molecule has 1 aliphatic rings. The van der Waals surface area contributed by atoms with Crippen LogP contribution < -0.4 is 25.0 Å². The quantitative estimate of drug-likeness (QED) is 0.212. The summed E-state index contributed by atoms with van der Waals surface area (Å²) in [4.78, 5) is 14.8. The minimum Gasteiger partial charge on any atom is -0.496 e. The lowest BCUT2D eigenvalue weighted by Crippen LogP contribution is -2.33. The average Bonchev–Trinajstić information content (AvgIpc) is 3.41. The van der Waals surface area contributed by atoms with Crippen molar-refractivity contribution in [2.45, 2.75) is 25.9 Å². The van der Waals surface area contributed by atoms with E-state index in [2.05, 4.69) is 54.7 Å². The number of fused-ring (bicyclic) bond motifs is 1. The van der Waals surface area contributed by atoms with Crippen LogP contribution in [0.15, 0.2) is 40.1 Å². The molecule has 0 spiro atoms. The number of rotatable bonds is 11. The molecule has 0 saturated heterocycles. The molecule has 0 aliphatic carbocycles. The zero-order chi connectivity index (χ0) is 27.1. The Kier molecular flexibility index (Phi) is 9.03. The van der Waals surface area contributed by atoms with Crippen molar-refractivity contribution >= 4 is 29.5 Å². The molecule has 4 rings (SSSR count). The summed E-state index contributed by atoms with van der Waals surface area (Å²) in [5.41, 5.74) is 6.73. The molecule has 12 heteroatoms. The van der Waals surface area contributed by atoms with Gasteiger partial charge in [0.25, 0.3) is 5.91 Å². The molecule has 2 heterocycles. The number of anilines is 1. The molecule has 2 aromatic carbocycles. The summed E-state index contributed by atoms with van der Waals surface area (Å²) in [6.07, 6.45) is 2.46. The summed E-state index contributed by atoms with van der Waals surface area (Å²) in [7, 11) is 4.95. The van der Waals surface area contributed by atoms with Gasteiger partial charge < -0.3 is 19.5 Å². The first-order chi connectivity index (χ1) is 18.5. The van der Waals surface area contributed by atoms with E-state index in [0.29, 0.717) is 19.0 Å². The molecule has 2 N–H and O–H groups in total. The Bertz CT molecular complexity index is 1300. The van der Waals surface area contributed by atoms with Crippen LogP contribution in [-0.2, 0) is 13.0 Å². The van der Waals surface area contributed by atoms with E-state index in [1.807, 2.05) is 18.2 Å². The van der Waals surface area contributed by atoms with Crippen molar-refractivity contribution in [3.63, 3.8) is 0 Å². The smallest absolute Gasteiger partial charge is 0.297 e. The van der Waals surface area contributed by atoms with Crippen LogP contribution in [0, 0.1) is 0 Å². The Morgan fingerprint density at radius 2 is 1.92 bits per heavy atom. The number of carbonyl (C=O) groups is 1. The average molecular weight is 543 g/mol. The molecule has 1 aromatic heterocycles. The first-order valence-corrected chi connectivity index (χ1v) is 12.6. The zero-order valence-corrected chi connectivity index (χ0v) is 22.5. The van der Waals surface area contributed by atoms with Crippen LogP contribution >= 0.6 is 11.6 Å². The molecule has 11 nitrogen and oxygen atoms in total. The van der Waals surface area contributed by atoms with Crippen LogP contribution in [0.4, 0.5) is 5.82 Å². The Hall–Kier alpha value is -3.83. The second kappa shape index (κ2) is 12.6. The number of nitrogens with one attached hydrogen (secondary N) is 2. The van der Waals surface area contributed by atoms with E-state index >= 15 is 0 Å². The van der Waals surface area contributed by atoms with Crippen LogP contribution in [0.3, 0.4) is 0 Å². The van der Waals surface area contributed by atoms with Gasteiger partial charge in [0.15, 0.2) is 11.5 Å². The van der Waals surface area contributed by atoms with Gasteiger partial charge in [0.05, 0.1) is 27.5 Å². The second-order valence-corrected chi connectivity index (χ2v) is 9.03. The van der Waals surface area contributed by atoms with Crippen LogP contribution in [0.25, 0.3) is 0 Å². The van der Waals surface area contributed by atoms with E-state index in [4.69, 9.17) is 25.8 Å². The number of hydrogen-bond donors (Lipinski definition) is 2. The predicted octanol–water partition coefficient (Wildman–Crippen LogP) is 3.63. The van der Waals surface area contributed by atoms with Crippen molar-refractivity contribution in [1.29, 1.82) is 0 Å². The molecule has 3 aromatic rings. The molecular formula is C26H31ClN6O5. The maximum absolute atomic E-state index is 12.4. The Labute approximate surface area is 226 Å². The van der Waals surface area contributed by atoms with E-state index in [1.165, 1.54) is 11.1 Å². The fourth-order valence-corrected chi connectivity index (χ4v) is 4.57. The predicted molar refractivity (Wildman–Crippen MR) is 144 cm³/mol. The number of halogens is 1. The summed E-state index contributed by atoms with van der Waals surface area (Å²) in [6, 6.07) is 10.1. The number of methoxy groups -OCH3 is 3. The molecule has 202 valence electrons. The third-order valence-electron chi connectivity index (χ3n) is 6.46. The first kappa shape index (κ1) is 27.2. The van der Waals surface area contributed by atoms with Crippen molar-refractivity contribution in [2.75, 3.05) is 45.6 Å². The van der Waals surface area contributed by atoms with E-state index in [9.17, 15) is 4.79 Å². The SMILES string of the molecule is COc1ccc(/C=N/NC(=O)c2nonc2NCCCl)cc1CN1CCc2cc(OC)c(OC)cc2C1C. The van der Waals surface area contributed by atoms with Gasteiger partial charge in [-0.15, -0.1) is 11.6 Å². The number of hydrogen-bond acceptors (Lipinski definition) is 10. The minimum atomic E-state index is -0.554. The summed E-state index contributed by atoms with van der Waals surface area (Å²) in [5, 5.41) is 14.2. The zero-order valence-electron chi connectivity index (χ0n) is 21.8. The number of hydrazone groups is 1. The summed E-state index contributed by atoms with van der Waals surface area (Å²) < 4.78 is 21.3. The van der Waals surface area contributed by atoms with E-state index < -0.39 is 5.91 Å². The molecule has 38 heavy (non-hydrogen) atoms. The van der Waals surface area contributed by atoms with Crippen molar-refractivity contribution < 1.29 is 23.6 Å². The van der Waals surface area contributed by atoms with Gasteiger partial charge in [-0.2, -0.15) is 5.10 Å². The lowest BCUT2D eigenvalue weighted by Gasteiger charge is -2.36. The fourth-order valence-electron chi connectivity index (χ4n) is 4.47. The van der Waals surface area contributed by atoms with Gasteiger partial charge >= 0.3 is 0 Å². The Morgan fingerprint density at radius 1 is 1.16 bits per heavy atom. The third-order valence-corrected chi connectivity index (χ3v) is 6.65. The molecule has 1 amide bonds. The Balaban J connectivity index is 1.47. The lowest BCUT2D eigenvalue weighted by molar-refractivity contribution is 0.0946. The van der Waals surface area contributed by atoms with Crippen LogP contribution in [-0.4, -0.2) is 67.6 Å². The van der Waals surface area contributed by atoms with Gasteiger partial charge in [0.1, 0.15) is 5.75 Å². The number of aromatic nitrogens is 2. The highest BCUT2D eigenvalue weighted by Crippen LogP contribution is 2.39. The normalized spacial score (nSPS) is 15.2. The molecule has 0 saturated carbocycles. The topological polar surface area (TPSA) is 123 Å². The van der Waals surface area contributed by atoms with Gasteiger partial charge in [-0.1, -0.05) is 0 Å². The number of nitrogens with zero attached hydrogens (tertiary/aromatic N) is 4. The standard InChI is InChI=1S/C26H31ClN6O5/c1-16-20-13-23(37-4)22(36-3)12-18(20)7-10-33(16)15-19-11-17(5-6-21(19)35-2)14-29-30-26(34)24-25(28-9-8-27)32-38-31-24/h5-6,11-14,16H,7-10,15H2,1-4H3,(H,28,32)(H,30,34)/b29-14+. The molecule has 1 atom stereocenters. The minimum absolute atomic E-state index is 0.00342. The van der Waals surface area contributed by atoms with E-state index in [0.717, 1.165) is 41.3 Å². The second-order valence-electron chi connectivity index (χ2n) is 8.65. The first-order valence-electron chi connectivity index (χ1n) is 12.1. The van der Waals surface area contributed by atoms with Gasteiger partial charge in [-0.25, -0.2) is 10.1 Å². The largest absolute Gasteiger partial charge is 0.496 e. The van der Waals surface area contributed by atoms with Crippen molar-refractivity contribution in [2.24, 2.45) is 5.10 Å². The number of alkyl halides is 1. The molecule has 1 aliphatic heterocycles. The van der Waals surface area contributed by atoms with Crippen LogP contribution in [0.1, 0.15) is 45.7 Å². The highest BCUT2D eigenvalue weighted by Gasteiger charge is 2.27. The molecular weight excluding hydrogens is 512 g/mol. The molecule has 0 bridgehead atoms. The van der Waals surface area contributed by atoms with Crippen LogP contribution in [0.5, 0.6) is 17.2 Å². The van der Waals surface area contributed by atoms with Gasteiger partial charge in [0, 0.05) is 37.1 Å². The molecule has 0 radical (unpaired) electrons. The maximum atomic E-state index is 12.4. The van der Waals surface area contributed by atoms with Crippen molar-refractivity contribution in [3.05, 3.63) is 58.3 Å². The number of carbonyl (C=O) groups excluding carboxylic acids is 1.